The number of hydrogen-bond donors (Lipinski definition) is 2. The molecule has 132 valence electrons. The Hall–Kier alpha value is -1.71. The molecule has 0 aliphatic rings. The van der Waals surface area contributed by atoms with Crippen LogP contribution in [0.3, 0.4) is 0 Å². The summed E-state index contributed by atoms with van der Waals surface area (Å²) in [6.45, 7) is 5.98. The molecule has 24 heavy (non-hydrogen) atoms. The zero-order valence-electron chi connectivity index (χ0n) is 13.7. The maximum Gasteiger partial charge on any atom is 0.191 e. The lowest BCUT2D eigenvalue weighted by Crippen LogP contribution is -2.38. The summed E-state index contributed by atoms with van der Waals surface area (Å²) in [6.07, 6.45) is 3.75. The Kier molecular flexibility index (Phi) is 8.66. The molecule has 0 aliphatic heterocycles. The van der Waals surface area contributed by atoms with Crippen LogP contribution in [0.2, 0.25) is 0 Å². The zero-order valence-corrected chi connectivity index (χ0v) is 16.1. The Morgan fingerprint density at radius 3 is 2.75 bits per heavy atom. The van der Waals surface area contributed by atoms with E-state index < -0.39 is 11.6 Å². The third-order valence-electron chi connectivity index (χ3n) is 3.16. The van der Waals surface area contributed by atoms with Crippen LogP contribution in [-0.2, 0) is 13.1 Å². The van der Waals surface area contributed by atoms with E-state index in [9.17, 15) is 8.78 Å². The third-order valence-corrected chi connectivity index (χ3v) is 3.16. The number of rotatable bonds is 6. The SMILES string of the molecule is CCNC(=NCc1cc(F)ccc1F)NCCn1cc(C)cn1.I. The van der Waals surface area contributed by atoms with Crippen LogP contribution in [0.15, 0.2) is 35.6 Å². The van der Waals surface area contributed by atoms with Crippen molar-refractivity contribution >= 4 is 29.9 Å². The number of halogens is 3. The van der Waals surface area contributed by atoms with Gasteiger partial charge in [-0.15, -0.1) is 24.0 Å². The summed E-state index contributed by atoms with van der Waals surface area (Å²) < 4.78 is 28.6. The fourth-order valence-corrected chi connectivity index (χ4v) is 2.05. The number of nitrogens with zero attached hydrogens (tertiary/aromatic N) is 3. The van der Waals surface area contributed by atoms with Gasteiger partial charge in [0, 0.05) is 24.8 Å². The molecule has 1 aromatic carbocycles. The topological polar surface area (TPSA) is 54.2 Å². The van der Waals surface area contributed by atoms with Crippen LogP contribution in [0.4, 0.5) is 8.78 Å². The molecule has 1 aromatic heterocycles. The molecule has 0 fully saturated rings. The van der Waals surface area contributed by atoms with Crippen molar-refractivity contribution in [3.63, 3.8) is 0 Å². The molecular formula is C16H22F2IN5. The molecule has 0 radical (unpaired) electrons. The van der Waals surface area contributed by atoms with E-state index in [4.69, 9.17) is 0 Å². The first kappa shape index (κ1) is 20.3. The molecule has 0 spiro atoms. The van der Waals surface area contributed by atoms with Crippen molar-refractivity contribution in [1.82, 2.24) is 20.4 Å². The Balaban J connectivity index is 0.00000288. The van der Waals surface area contributed by atoms with Gasteiger partial charge in [0.15, 0.2) is 5.96 Å². The number of hydrogen-bond acceptors (Lipinski definition) is 2. The molecular weight excluding hydrogens is 427 g/mol. The van der Waals surface area contributed by atoms with E-state index in [2.05, 4.69) is 20.7 Å². The summed E-state index contributed by atoms with van der Waals surface area (Å²) >= 11 is 0. The van der Waals surface area contributed by atoms with Crippen LogP contribution in [0, 0.1) is 18.6 Å². The van der Waals surface area contributed by atoms with Gasteiger partial charge in [-0.3, -0.25) is 4.68 Å². The standard InChI is InChI=1S/C16H21F2N5.HI/c1-3-19-16(20-6-7-23-11-12(2)9-22-23)21-10-13-8-14(17)4-5-15(13)18;/h4-5,8-9,11H,3,6-7,10H2,1-2H3,(H2,19,20,21);1H. The summed E-state index contributed by atoms with van der Waals surface area (Å²) in [7, 11) is 0. The minimum atomic E-state index is -0.469. The molecule has 5 nitrogen and oxygen atoms in total. The van der Waals surface area contributed by atoms with E-state index in [1.807, 2.05) is 24.7 Å². The van der Waals surface area contributed by atoms with Gasteiger partial charge in [0.1, 0.15) is 11.6 Å². The van der Waals surface area contributed by atoms with Crippen molar-refractivity contribution in [3.8, 4) is 0 Å². The minimum Gasteiger partial charge on any atom is -0.357 e. The van der Waals surface area contributed by atoms with Gasteiger partial charge in [-0.1, -0.05) is 0 Å². The Morgan fingerprint density at radius 2 is 2.08 bits per heavy atom. The van der Waals surface area contributed by atoms with Crippen LogP contribution in [0.5, 0.6) is 0 Å². The molecule has 2 rings (SSSR count). The summed E-state index contributed by atoms with van der Waals surface area (Å²) in [4.78, 5) is 4.28. The van der Waals surface area contributed by atoms with E-state index in [0.717, 1.165) is 23.8 Å². The van der Waals surface area contributed by atoms with Gasteiger partial charge < -0.3 is 10.6 Å². The monoisotopic (exact) mass is 449 g/mol. The van der Waals surface area contributed by atoms with E-state index in [1.165, 1.54) is 0 Å². The molecule has 0 atom stereocenters. The normalized spacial score (nSPS) is 11.1. The fourth-order valence-electron chi connectivity index (χ4n) is 2.05. The highest BCUT2D eigenvalue weighted by Crippen LogP contribution is 2.10. The van der Waals surface area contributed by atoms with Gasteiger partial charge in [0.2, 0.25) is 0 Å². The molecule has 8 heteroatoms. The van der Waals surface area contributed by atoms with Gasteiger partial charge in [-0.05, 0) is 37.6 Å². The number of nitrogens with one attached hydrogen (secondary N) is 2. The van der Waals surface area contributed by atoms with Gasteiger partial charge >= 0.3 is 0 Å². The smallest absolute Gasteiger partial charge is 0.191 e. The van der Waals surface area contributed by atoms with Gasteiger partial charge in [-0.2, -0.15) is 5.10 Å². The molecule has 0 unspecified atom stereocenters. The third kappa shape index (κ3) is 6.42. The molecule has 0 amide bonds. The highest BCUT2D eigenvalue weighted by atomic mass is 127. The summed E-state index contributed by atoms with van der Waals surface area (Å²) in [6, 6.07) is 3.37. The molecule has 2 N–H and O–H groups in total. The van der Waals surface area contributed by atoms with Crippen LogP contribution < -0.4 is 10.6 Å². The number of benzene rings is 1. The predicted molar refractivity (Wildman–Crippen MR) is 102 cm³/mol. The molecule has 0 bridgehead atoms. The molecule has 0 saturated carbocycles. The van der Waals surface area contributed by atoms with Crippen LogP contribution >= 0.6 is 24.0 Å². The highest BCUT2D eigenvalue weighted by Gasteiger charge is 2.04. The van der Waals surface area contributed by atoms with Crippen molar-refractivity contribution in [2.45, 2.75) is 26.9 Å². The lowest BCUT2D eigenvalue weighted by molar-refractivity contribution is 0.584. The minimum absolute atomic E-state index is 0. The van der Waals surface area contributed by atoms with E-state index in [1.54, 1.807) is 6.20 Å². The van der Waals surface area contributed by atoms with Gasteiger partial charge in [0.05, 0.1) is 19.3 Å². The van der Waals surface area contributed by atoms with E-state index in [-0.39, 0.29) is 36.1 Å². The number of aromatic nitrogens is 2. The van der Waals surface area contributed by atoms with Crippen molar-refractivity contribution in [2.24, 2.45) is 4.99 Å². The Labute approximate surface area is 157 Å². The lowest BCUT2D eigenvalue weighted by atomic mass is 10.2. The number of aryl methyl sites for hydroxylation is 1. The second-order valence-corrected chi connectivity index (χ2v) is 5.14. The molecule has 0 saturated heterocycles. The van der Waals surface area contributed by atoms with Crippen LogP contribution in [0.25, 0.3) is 0 Å². The Morgan fingerprint density at radius 1 is 1.29 bits per heavy atom. The van der Waals surface area contributed by atoms with E-state index in [0.29, 0.717) is 25.6 Å². The second kappa shape index (κ2) is 10.2. The number of aliphatic imine (C=N–C) groups is 1. The lowest BCUT2D eigenvalue weighted by Gasteiger charge is -2.11. The maximum absolute atomic E-state index is 13.6. The summed E-state index contributed by atoms with van der Waals surface area (Å²) in [5.74, 6) is -0.373. The summed E-state index contributed by atoms with van der Waals surface area (Å²) in [5.41, 5.74) is 1.33. The van der Waals surface area contributed by atoms with Crippen LogP contribution in [0.1, 0.15) is 18.1 Å². The number of guanidine groups is 1. The van der Waals surface area contributed by atoms with Crippen LogP contribution in [-0.4, -0.2) is 28.8 Å². The van der Waals surface area contributed by atoms with Crippen molar-refractivity contribution in [2.75, 3.05) is 13.1 Å². The first-order valence-electron chi connectivity index (χ1n) is 7.53. The highest BCUT2D eigenvalue weighted by molar-refractivity contribution is 14.0. The first-order chi connectivity index (χ1) is 11.1. The quantitative estimate of drug-likeness (QED) is 0.405. The first-order valence-corrected chi connectivity index (χ1v) is 7.53. The second-order valence-electron chi connectivity index (χ2n) is 5.14. The van der Waals surface area contributed by atoms with Gasteiger partial charge in [0.25, 0.3) is 0 Å². The maximum atomic E-state index is 13.6. The molecule has 2 aromatic rings. The van der Waals surface area contributed by atoms with Gasteiger partial charge in [-0.25, -0.2) is 13.8 Å². The van der Waals surface area contributed by atoms with Crippen molar-refractivity contribution in [3.05, 3.63) is 53.4 Å². The summed E-state index contributed by atoms with van der Waals surface area (Å²) in [5, 5.41) is 10.4. The largest absolute Gasteiger partial charge is 0.357 e. The van der Waals surface area contributed by atoms with Crippen molar-refractivity contribution in [1.29, 1.82) is 0 Å². The average molecular weight is 449 g/mol. The van der Waals surface area contributed by atoms with Crippen molar-refractivity contribution < 1.29 is 8.78 Å². The molecule has 0 aliphatic carbocycles. The predicted octanol–water partition coefficient (Wildman–Crippen LogP) is 2.84. The van der Waals surface area contributed by atoms with E-state index >= 15 is 0 Å². The zero-order chi connectivity index (χ0) is 16.7. The average Bonchev–Trinajstić information content (AvgIpc) is 2.93. The molecule has 1 heterocycles. The Bertz CT molecular complexity index is 672. The fraction of sp³-hybridized carbons (Fsp3) is 0.375.